The van der Waals surface area contributed by atoms with Crippen LogP contribution in [0.4, 0.5) is 27.8 Å². The molecule has 1 saturated heterocycles. The van der Waals surface area contributed by atoms with Gasteiger partial charge in [-0.15, -0.1) is 11.3 Å². The summed E-state index contributed by atoms with van der Waals surface area (Å²) in [6.45, 7) is 0.151. The minimum Gasteiger partial charge on any atom is -0.361 e. The third-order valence-corrected chi connectivity index (χ3v) is 7.17. The summed E-state index contributed by atoms with van der Waals surface area (Å²) in [6.07, 6.45) is -5.26. The summed E-state index contributed by atoms with van der Waals surface area (Å²) in [6, 6.07) is 0.738. The van der Waals surface area contributed by atoms with E-state index in [9.17, 15) is 31.0 Å². The van der Waals surface area contributed by atoms with E-state index >= 15 is 0 Å². The molecule has 2 N–H and O–H groups in total. The summed E-state index contributed by atoms with van der Waals surface area (Å²) < 4.78 is 75.7. The summed E-state index contributed by atoms with van der Waals surface area (Å²) in [5.74, 6) is 0.231. The summed E-state index contributed by atoms with van der Waals surface area (Å²) in [5.41, 5.74) is -0.164. The number of hydrogen-bond donors (Lipinski definition) is 2. The second-order valence-corrected chi connectivity index (χ2v) is 9.65. The molecule has 1 amide bonds. The number of carbonyl (C=O) groups is 1. The van der Waals surface area contributed by atoms with Crippen molar-refractivity contribution in [3.05, 3.63) is 28.5 Å². The molecule has 1 fully saturated rings. The van der Waals surface area contributed by atoms with E-state index in [1.807, 2.05) is 5.32 Å². The molecular weight excluding hydrogens is 463 g/mol. The first-order valence-corrected chi connectivity index (χ1v) is 11.6. The first-order valence-electron chi connectivity index (χ1n) is 9.26. The molecule has 6 nitrogen and oxygen atoms in total. The maximum absolute atomic E-state index is 13.6. The topological polar surface area (TPSA) is 84.0 Å². The van der Waals surface area contributed by atoms with Crippen molar-refractivity contribution in [2.75, 3.05) is 23.4 Å². The van der Waals surface area contributed by atoms with Crippen LogP contribution in [-0.4, -0.2) is 50.4 Å². The molecule has 2 aromatic heterocycles. The number of hydrogen-bond acceptors (Lipinski definition) is 6. The fourth-order valence-electron chi connectivity index (χ4n) is 3.06. The molecule has 1 aliphatic rings. The Morgan fingerprint density at radius 3 is 2.61 bits per heavy atom. The Hall–Kier alpha value is -2.15. The number of rotatable bonds is 6. The minimum absolute atomic E-state index is 0.00896. The average Bonchev–Trinajstić information content (AvgIpc) is 3.09. The Labute approximate surface area is 181 Å². The number of nitrogens with zero attached hydrogens (tertiary/aromatic N) is 2. The first kappa shape index (κ1) is 23.5. The number of aryl methyl sites for hydroxylation is 1. The molecule has 0 aromatic carbocycles. The van der Waals surface area contributed by atoms with Crippen molar-refractivity contribution in [1.29, 1.82) is 0 Å². The van der Waals surface area contributed by atoms with E-state index in [2.05, 4.69) is 15.3 Å². The largest absolute Gasteiger partial charge is 0.405 e. The molecule has 0 radical (unpaired) electrons. The number of thiazole rings is 1. The lowest BCUT2D eigenvalue weighted by molar-refractivity contribution is -0.115. The van der Waals surface area contributed by atoms with Crippen molar-refractivity contribution >= 4 is 33.9 Å². The normalized spacial score (nSPS) is 19.5. The highest BCUT2D eigenvalue weighted by Gasteiger charge is 2.28. The van der Waals surface area contributed by atoms with Crippen LogP contribution in [0.3, 0.4) is 0 Å². The Kier molecular flexibility index (Phi) is 7.24. The van der Waals surface area contributed by atoms with Crippen molar-refractivity contribution in [3.8, 4) is 10.4 Å². The highest BCUT2D eigenvalue weighted by atomic mass is 32.2. The van der Waals surface area contributed by atoms with Crippen molar-refractivity contribution < 1.29 is 31.0 Å². The Bertz CT molecular complexity index is 970. The first-order chi connectivity index (χ1) is 14.5. The number of halogens is 5. The van der Waals surface area contributed by atoms with Crippen molar-refractivity contribution in [3.63, 3.8) is 0 Å². The van der Waals surface area contributed by atoms with Crippen LogP contribution >= 0.6 is 11.3 Å². The van der Waals surface area contributed by atoms with Crippen LogP contribution < -0.4 is 10.6 Å². The van der Waals surface area contributed by atoms with Crippen LogP contribution in [0.2, 0.25) is 0 Å². The van der Waals surface area contributed by atoms with Crippen molar-refractivity contribution in [2.24, 2.45) is 0 Å². The second-order valence-electron chi connectivity index (χ2n) is 6.96. The fraction of sp³-hybridized carbons (Fsp3) is 0.500. The molecule has 170 valence electrons. The smallest absolute Gasteiger partial charge is 0.361 e. The zero-order chi connectivity index (χ0) is 22.8. The molecule has 0 aliphatic carbocycles. The SMILES string of the molecule is Cc1nc(C(=O)NC2CCS(=O)CC2)sc1-c1cnc(NCC(F)(F)F)cc1C(F)F. The van der Waals surface area contributed by atoms with Gasteiger partial charge in [-0.3, -0.25) is 9.00 Å². The Morgan fingerprint density at radius 1 is 1.32 bits per heavy atom. The maximum Gasteiger partial charge on any atom is 0.405 e. The van der Waals surface area contributed by atoms with Gasteiger partial charge in [0.05, 0.1) is 10.6 Å². The summed E-state index contributed by atoms with van der Waals surface area (Å²) in [4.78, 5) is 20.8. The highest BCUT2D eigenvalue weighted by Crippen LogP contribution is 2.37. The predicted molar refractivity (Wildman–Crippen MR) is 108 cm³/mol. The number of alkyl halides is 5. The van der Waals surface area contributed by atoms with Gasteiger partial charge in [-0.05, 0) is 25.8 Å². The van der Waals surface area contributed by atoms with Crippen LogP contribution in [0, 0.1) is 6.92 Å². The Morgan fingerprint density at radius 2 is 2.00 bits per heavy atom. The minimum atomic E-state index is -4.52. The molecule has 0 atom stereocenters. The van der Waals surface area contributed by atoms with Gasteiger partial charge in [-0.2, -0.15) is 13.2 Å². The Balaban J connectivity index is 1.81. The van der Waals surface area contributed by atoms with E-state index in [1.165, 1.54) is 0 Å². The van der Waals surface area contributed by atoms with Gasteiger partial charge in [0.15, 0.2) is 5.01 Å². The molecule has 2 aromatic rings. The van der Waals surface area contributed by atoms with E-state index in [4.69, 9.17) is 0 Å². The van der Waals surface area contributed by atoms with Gasteiger partial charge < -0.3 is 10.6 Å². The molecular formula is C18H19F5N4O2S2. The van der Waals surface area contributed by atoms with Crippen molar-refractivity contribution in [2.45, 2.75) is 38.4 Å². The van der Waals surface area contributed by atoms with Gasteiger partial charge in [0.1, 0.15) is 12.4 Å². The summed E-state index contributed by atoms with van der Waals surface area (Å²) in [7, 11) is -0.870. The van der Waals surface area contributed by atoms with E-state index in [0.29, 0.717) is 34.9 Å². The molecule has 0 saturated carbocycles. The van der Waals surface area contributed by atoms with E-state index < -0.39 is 41.4 Å². The van der Waals surface area contributed by atoms with Crippen LogP contribution in [0.5, 0.6) is 0 Å². The number of nitrogens with one attached hydrogen (secondary N) is 2. The number of amides is 1. The van der Waals surface area contributed by atoms with Gasteiger partial charge in [-0.1, -0.05) is 0 Å². The van der Waals surface area contributed by atoms with Crippen LogP contribution in [0.25, 0.3) is 10.4 Å². The number of pyridine rings is 1. The average molecular weight is 483 g/mol. The molecule has 3 heterocycles. The zero-order valence-electron chi connectivity index (χ0n) is 16.3. The van der Waals surface area contributed by atoms with Gasteiger partial charge in [0, 0.05) is 45.7 Å². The second kappa shape index (κ2) is 9.55. The quantitative estimate of drug-likeness (QED) is 0.607. The van der Waals surface area contributed by atoms with Gasteiger partial charge >= 0.3 is 6.18 Å². The molecule has 3 rings (SSSR count). The number of aromatic nitrogens is 2. The molecule has 31 heavy (non-hydrogen) atoms. The van der Waals surface area contributed by atoms with E-state index in [1.54, 1.807) is 6.92 Å². The number of anilines is 1. The molecule has 0 spiro atoms. The van der Waals surface area contributed by atoms with Gasteiger partial charge in [-0.25, -0.2) is 18.7 Å². The standard InChI is InChI=1S/C18H19F5N4O2S2/c1-9-14(30-17(26-9)16(28)27-10-2-4-31(29)5-3-10)12-7-24-13(6-11(12)15(19)20)25-8-18(21,22)23/h6-7,10,15H,2-5,8H2,1H3,(H,24,25)(H,27,28). The van der Waals surface area contributed by atoms with Gasteiger partial charge in [0.2, 0.25) is 0 Å². The maximum atomic E-state index is 13.6. The predicted octanol–water partition coefficient (Wildman–Crippen LogP) is 4.07. The third-order valence-electron chi connectivity index (χ3n) is 4.60. The lowest BCUT2D eigenvalue weighted by Crippen LogP contribution is -2.39. The van der Waals surface area contributed by atoms with E-state index in [-0.39, 0.29) is 22.4 Å². The molecule has 1 aliphatic heterocycles. The van der Waals surface area contributed by atoms with Crippen molar-refractivity contribution in [1.82, 2.24) is 15.3 Å². The molecule has 13 heteroatoms. The molecule has 0 bridgehead atoms. The zero-order valence-corrected chi connectivity index (χ0v) is 17.9. The lowest BCUT2D eigenvalue weighted by atomic mass is 10.1. The monoisotopic (exact) mass is 482 g/mol. The van der Waals surface area contributed by atoms with Crippen LogP contribution in [0.15, 0.2) is 12.3 Å². The number of carbonyl (C=O) groups excluding carboxylic acids is 1. The lowest BCUT2D eigenvalue weighted by Gasteiger charge is -2.21. The van der Waals surface area contributed by atoms with Crippen LogP contribution in [-0.2, 0) is 10.8 Å². The summed E-state index contributed by atoms with van der Waals surface area (Å²) in [5, 5.41) is 4.88. The summed E-state index contributed by atoms with van der Waals surface area (Å²) >= 11 is 0.908. The fourth-order valence-corrected chi connectivity index (χ4v) is 5.36. The van der Waals surface area contributed by atoms with Crippen LogP contribution in [0.1, 0.15) is 40.3 Å². The molecule has 0 unspecified atom stereocenters. The highest BCUT2D eigenvalue weighted by molar-refractivity contribution is 7.85. The van der Waals surface area contributed by atoms with E-state index in [0.717, 1.165) is 23.6 Å². The van der Waals surface area contributed by atoms with Gasteiger partial charge in [0.25, 0.3) is 12.3 Å². The third kappa shape index (κ3) is 6.19.